The number of halogens is 3. The zero-order chi connectivity index (χ0) is 13.9. The van der Waals surface area contributed by atoms with Gasteiger partial charge in [0.05, 0.1) is 0 Å². The molecular formula is C9H10F3NO4S. The molecule has 0 spiro atoms. The molecule has 18 heavy (non-hydrogen) atoms. The lowest BCUT2D eigenvalue weighted by atomic mass is 10.3. The summed E-state index contributed by atoms with van der Waals surface area (Å²) in [6, 6.07) is -1.54. The Labute approximate surface area is 105 Å². The van der Waals surface area contributed by atoms with Crippen molar-refractivity contribution in [3.8, 4) is 0 Å². The Hall–Kier alpha value is -1.38. The van der Waals surface area contributed by atoms with Gasteiger partial charge in [0, 0.05) is 5.75 Å². The van der Waals surface area contributed by atoms with Crippen LogP contribution in [0.1, 0.15) is 0 Å². The molecule has 1 amide bonds. The fraction of sp³-hybridized carbons (Fsp3) is 0.556. The van der Waals surface area contributed by atoms with Crippen LogP contribution in [0.2, 0.25) is 0 Å². The van der Waals surface area contributed by atoms with Crippen molar-refractivity contribution in [1.82, 2.24) is 4.90 Å². The van der Waals surface area contributed by atoms with Crippen molar-refractivity contribution in [3.05, 3.63) is 12.7 Å². The Balaban J connectivity index is 2.91. The zero-order valence-corrected chi connectivity index (χ0v) is 9.83. The molecule has 5 nitrogen and oxygen atoms in total. The molecule has 1 saturated heterocycles. The molecule has 2 atom stereocenters. The van der Waals surface area contributed by atoms with Gasteiger partial charge in [-0.05, 0) is 0 Å². The number of rotatable bonds is 3. The SMILES string of the molecule is C=CCOC(=O)N1[C@H](C(F)(F)F)SC[C@H]1C(=O)O. The van der Waals surface area contributed by atoms with E-state index in [1.807, 2.05) is 0 Å². The number of amides is 1. The van der Waals surface area contributed by atoms with Gasteiger partial charge < -0.3 is 9.84 Å². The van der Waals surface area contributed by atoms with Gasteiger partial charge in [0.2, 0.25) is 0 Å². The molecule has 0 bridgehead atoms. The van der Waals surface area contributed by atoms with Gasteiger partial charge >= 0.3 is 18.2 Å². The first kappa shape index (κ1) is 14.7. The van der Waals surface area contributed by atoms with Gasteiger partial charge in [-0.15, -0.1) is 11.8 Å². The topological polar surface area (TPSA) is 66.8 Å². The Morgan fingerprint density at radius 1 is 1.56 bits per heavy atom. The summed E-state index contributed by atoms with van der Waals surface area (Å²) in [6.07, 6.45) is -4.84. The molecule has 0 aliphatic carbocycles. The van der Waals surface area contributed by atoms with Crippen LogP contribution >= 0.6 is 11.8 Å². The summed E-state index contributed by atoms with van der Waals surface area (Å²) >= 11 is 0.349. The summed E-state index contributed by atoms with van der Waals surface area (Å²) in [5, 5.41) is 6.59. The van der Waals surface area contributed by atoms with E-state index in [-0.39, 0.29) is 17.3 Å². The number of aliphatic carboxylic acids is 1. The first-order valence-corrected chi connectivity index (χ1v) is 5.81. The van der Waals surface area contributed by atoms with Crippen molar-refractivity contribution in [2.75, 3.05) is 12.4 Å². The number of carboxylic acids is 1. The molecule has 0 unspecified atom stereocenters. The molecule has 0 aromatic carbocycles. The second-order valence-electron chi connectivity index (χ2n) is 3.35. The number of ether oxygens (including phenoxy) is 1. The van der Waals surface area contributed by atoms with E-state index < -0.39 is 29.7 Å². The fourth-order valence-electron chi connectivity index (χ4n) is 1.38. The van der Waals surface area contributed by atoms with Crippen LogP contribution in [0.4, 0.5) is 18.0 Å². The first-order valence-electron chi connectivity index (χ1n) is 4.76. The summed E-state index contributed by atoms with van der Waals surface area (Å²) in [6.45, 7) is 2.96. The van der Waals surface area contributed by atoms with Gasteiger partial charge in [-0.3, -0.25) is 4.90 Å². The van der Waals surface area contributed by atoms with Crippen molar-refractivity contribution < 1.29 is 32.6 Å². The molecule has 1 fully saturated rings. The summed E-state index contributed by atoms with van der Waals surface area (Å²) < 4.78 is 42.4. The normalized spacial score (nSPS) is 23.8. The maximum absolute atomic E-state index is 12.6. The highest BCUT2D eigenvalue weighted by Crippen LogP contribution is 2.40. The number of hydrogen-bond acceptors (Lipinski definition) is 4. The number of alkyl halides is 3. The van der Waals surface area contributed by atoms with Crippen LogP contribution in [-0.2, 0) is 9.53 Å². The Kier molecular flexibility index (Phi) is 4.49. The lowest BCUT2D eigenvalue weighted by Crippen LogP contribution is -2.50. The zero-order valence-electron chi connectivity index (χ0n) is 9.01. The summed E-state index contributed by atoms with van der Waals surface area (Å²) in [5.74, 6) is -1.83. The van der Waals surface area contributed by atoms with Crippen molar-refractivity contribution in [2.24, 2.45) is 0 Å². The van der Waals surface area contributed by atoms with Crippen LogP contribution < -0.4 is 0 Å². The highest BCUT2D eigenvalue weighted by Gasteiger charge is 2.55. The molecule has 1 aliphatic heterocycles. The number of thioether (sulfide) groups is 1. The minimum Gasteiger partial charge on any atom is -0.480 e. The van der Waals surface area contributed by atoms with Crippen molar-refractivity contribution in [1.29, 1.82) is 0 Å². The third kappa shape index (κ3) is 3.09. The molecule has 0 aromatic rings. The number of carbonyl (C=O) groups is 2. The molecule has 9 heteroatoms. The van der Waals surface area contributed by atoms with Crippen molar-refractivity contribution >= 4 is 23.8 Å². The Morgan fingerprint density at radius 3 is 2.61 bits per heavy atom. The fourth-order valence-corrected chi connectivity index (χ4v) is 2.63. The number of hydrogen-bond donors (Lipinski definition) is 1. The molecule has 102 valence electrons. The lowest BCUT2D eigenvalue weighted by molar-refractivity contribution is -0.161. The smallest absolute Gasteiger partial charge is 0.418 e. The Bertz CT molecular complexity index is 360. The van der Waals surface area contributed by atoms with E-state index in [4.69, 9.17) is 5.11 Å². The average Bonchev–Trinajstić information content (AvgIpc) is 2.69. The second kappa shape index (κ2) is 5.51. The van der Waals surface area contributed by atoms with E-state index in [9.17, 15) is 22.8 Å². The van der Waals surface area contributed by atoms with E-state index in [0.29, 0.717) is 11.8 Å². The van der Waals surface area contributed by atoms with Crippen LogP contribution in [0.25, 0.3) is 0 Å². The molecule has 0 radical (unpaired) electrons. The summed E-state index contributed by atoms with van der Waals surface area (Å²) in [5.41, 5.74) is 0. The van der Waals surface area contributed by atoms with Crippen LogP contribution in [0, 0.1) is 0 Å². The van der Waals surface area contributed by atoms with Gasteiger partial charge in [-0.1, -0.05) is 12.7 Å². The van der Waals surface area contributed by atoms with E-state index in [2.05, 4.69) is 11.3 Å². The highest BCUT2D eigenvalue weighted by molar-refractivity contribution is 8.00. The maximum Gasteiger partial charge on any atom is 0.418 e. The molecular weight excluding hydrogens is 275 g/mol. The van der Waals surface area contributed by atoms with Gasteiger partial charge in [0.15, 0.2) is 5.37 Å². The molecule has 1 heterocycles. The van der Waals surface area contributed by atoms with E-state index in [1.54, 1.807) is 0 Å². The highest BCUT2D eigenvalue weighted by atomic mass is 32.2. The van der Waals surface area contributed by atoms with Gasteiger partial charge in [0.1, 0.15) is 12.6 Å². The summed E-state index contributed by atoms with van der Waals surface area (Å²) in [7, 11) is 0. The largest absolute Gasteiger partial charge is 0.480 e. The quantitative estimate of drug-likeness (QED) is 0.799. The molecule has 0 saturated carbocycles. The average molecular weight is 285 g/mol. The number of nitrogens with zero attached hydrogens (tertiary/aromatic N) is 1. The van der Waals surface area contributed by atoms with Gasteiger partial charge in [-0.2, -0.15) is 13.2 Å². The van der Waals surface area contributed by atoms with Crippen LogP contribution in [0.15, 0.2) is 12.7 Å². The van der Waals surface area contributed by atoms with Gasteiger partial charge in [0.25, 0.3) is 0 Å². The minimum atomic E-state index is -4.71. The van der Waals surface area contributed by atoms with Gasteiger partial charge in [-0.25, -0.2) is 9.59 Å². The predicted octanol–water partition coefficient (Wildman–Crippen LogP) is 1.70. The molecule has 0 aromatic heterocycles. The monoisotopic (exact) mass is 285 g/mol. The van der Waals surface area contributed by atoms with E-state index >= 15 is 0 Å². The lowest BCUT2D eigenvalue weighted by Gasteiger charge is -2.27. The first-order chi connectivity index (χ1) is 8.29. The van der Waals surface area contributed by atoms with Crippen molar-refractivity contribution in [3.63, 3.8) is 0 Å². The third-order valence-corrected chi connectivity index (χ3v) is 3.42. The summed E-state index contributed by atoms with van der Waals surface area (Å²) in [4.78, 5) is 22.5. The standard InChI is InChI=1S/C9H10F3NO4S/c1-2-3-17-8(16)13-5(6(14)15)4-18-7(13)9(10,11)12/h2,5,7H,1,3-4H2,(H,14,15)/t5-,7-/m0/s1. The van der Waals surface area contributed by atoms with Crippen LogP contribution in [0.5, 0.6) is 0 Å². The number of carboxylic acid groups (broad SMARTS) is 1. The molecule has 1 rings (SSSR count). The van der Waals surface area contributed by atoms with Crippen LogP contribution in [-0.4, -0.2) is 52.0 Å². The molecule has 1 N–H and O–H groups in total. The minimum absolute atomic E-state index is 0.205. The van der Waals surface area contributed by atoms with E-state index in [0.717, 1.165) is 0 Å². The predicted molar refractivity (Wildman–Crippen MR) is 57.1 cm³/mol. The maximum atomic E-state index is 12.6. The Morgan fingerprint density at radius 2 is 2.17 bits per heavy atom. The molecule has 1 aliphatic rings. The van der Waals surface area contributed by atoms with Crippen molar-refractivity contribution in [2.45, 2.75) is 17.6 Å². The third-order valence-electron chi connectivity index (χ3n) is 2.10. The number of carbonyl (C=O) groups excluding carboxylic acids is 1. The van der Waals surface area contributed by atoms with E-state index in [1.165, 1.54) is 6.08 Å². The second-order valence-corrected chi connectivity index (χ2v) is 4.47. The van der Waals surface area contributed by atoms with Crippen LogP contribution in [0.3, 0.4) is 0 Å².